The lowest BCUT2D eigenvalue weighted by Gasteiger charge is -2.30. The van der Waals surface area contributed by atoms with Crippen molar-refractivity contribution in [1.29, 1.82) is 0 Å². The van der Waals surface area contributed by atoms with Crippen LogP contribution in [0.25, 0.3) is 0 Å². The quantitative estimate of drug-likeness (QED) is 0.650. The van der Waals surface area contributed by atoms with Crippen LogP contribution >= 0.6 is 12.4 Å². The molecule has 0 aliphatic heterocycles. The molecule has 0 aromatic heterocycles. The number of amides is 1. The largest absolute Gasteiger partial charge is 0.355 e. The van der Waals surface area contributed by atoms with Gasteiger partial charge >= 0.3 is 0 Å². The third-order valence-electron chi connectivity index (χ3n) is 2.58. The average molecular weight is 266 g/mol. The van der Waals surface area contributed by atoms with Gasteiger partial charge in [0.1, 0.15) is 0 Å². The Bertz CT molecular complexity index is 190. The molecule has 0 saturated heterocycles. The second-order valence-electron chi connectivity index (χ2n) is 4.66. The van der Waals surface area contributed by atoms with E-state index in [0.29, 0.717) is 18.6 Å². The van der Waals surface area contributed by atoms with E-state index >= 15 is 0 Å². The van der Waals surface area contributed by atoms with E-state index in [1.54, 1.807) is 7.05 Å². The molecule has 0 unspecified atom stereocenters. The van der Waals surface area contributed by atoms with E-state index in [1.807, 2.05) is 0 Å². The SMILES string of the molecule is CNCC(=O)NCCCN(C(C)C)C(C)C.Cl. The van der Waals surface area contributed by atoms with Crippen molar-refractivity contribution in [3.05, 3.63) is 0 Å². The highest BCUT2D eigenvalue weighted by atomic mass is 35.5. The van der Waals surface area contributed by atoms with Gasteiger partial charge in [-0.2, -0.15) is 0 Å². The first-order valence-electron chi connectivity index (χ1n) is 6.16. The zero-order valence-electron chi connectivity index (χ0n) is 11.7. The van der Waals surface area contributed by atoms with Crippen LogP contribution in [0.1, 0.15) is 34.1 Å². The monoisotopic (exact) mass is 265 g/mol. The van der Waals surface area contributed by atoms with Crippen molar-refractivity contribution in [2.75, 3.05) is 26.7 Å². The second-order valence-corrected chi connectivity index (χ2v) is 4.66. The Labute approximate surface area is 112 Å². The highest BCUT2D eigenvalue weighted by Crippen LogP contribution is 2.04. The van der Waals surface area contributed by atoms with Crippen LogP contribution in [0.3, 0.4) is 0 Å². The van der Waals surface area contributed by atoms with Crippen molar-refractivity contribution in [3.63, 3.8) is 0 Å². The minimum atomic E-state index is 0. The maximum absolute atomic E-state index is 11.2. The summed E-state index contributed by atoms with van der Waals surface area (Å²) in [6.07, 6.45) is 1.01. The molecule has 0 rings (SSSR count). The smallest absolute Gasteiger partial charge is 0.233 e. The van der Waals surface area contributed by atoms with Gasteiger partial charge in [-0.1, -0.05) is 0 Å². The maximum atomic E-state index is 11.2. The van der Waals surface area contributed by atoms with Gasteiger partial charge in [0.25, 0.3) is 0 Å². The zero-order valence-corrected chi connectivity index (χ0v) is 12.6. The molecule has 0 fully saturated rings. The summed E-state index contributed by atoms with van der Waals surface area (Å²) in [5, 5.41) is 5.72. The normalized spacial score (nSPS) is 10.8. The maximum Gasteiger partial charge on any atom is 0.233 e. The van der Waals surface area contributed by atoms with Gasteiger partial charge in [-0.05, 0) is 41.2 Å². The summed E-state index contributed by atoms with van der Waals surface area (Å²) in [6.45, 7) is 11.0. The van der Waals surface area contributed by atoms with Gasteiger partial charge in [0, 0.05) is 25.2 Å². The molecule has 2 N–H and O–H groups in total. The van der Waals surface area contributed by atoms with Gasteiger partial charge < -0.3 is 10.6 Å². The number of carbonyl (C=O) groups is 1. The van der Waals surface area contributed by atoms with Gasteiger partial charge in [0.2, 0.25) is 5.91 Å². The van der Waals surface area contributed by atoms with E-state index in [9.17, 15) is 4.79 Å². The highest BCUT2D eigenvalue weighted by molar-refractivity contribution is 5.85. The predicted octanol–water partition coefficient (Wildman–Crippen LogP) is 1.25. The van der Waals surface area contributed by atoms with Crippen molar-refractivity contribution < 1.29 is 4.79 Å². The molecular weight excluding hydrogens is 238 g/mol. The van der Waals surface area contributed by atoms with Crippen LogP contribution in [0, 0.1) is 0 Å². The molecule has 0 atom stereocenters. The Hall–Kier alpha value is -0.320. The fraction of sp³-hybridized carbons (Fsp3) is 0.917. The van der Waals surface area contributed by atoms with Crippen LogP contribution in [-0.2, 0) is 4.79 Å². The molecule has 0 aliphatic rings. The fourth-order valence-corrected chi connectivity index (χ4v) is 1.83. The predicted molar refractivity (Wildman–Crippen MR) is 75.8 cm³/mol. The third-order valence-corrected chi connectivity index (χ3v) is 2.58. The first kappa shape index (κ1) is 19.0. The van der Waals surface area contributed by atoms with Crippen molar-refractivity contribution in [2.24, 2.45) is 0 Å². The number of carbonyl (C=O) groups excluding carboxylic acids is 1. The molecule has 0 heterocycles. The number of hydrogen-bond acceptors (Lipinski definition) is 3. The van der Waals surface area contributed by atoms with Crippen LogP contribution in [0.4, 0.5) is 0 Å². The number of nitrogens with one attached hydrogen (secondary N) is 2. The Balaban J connectivity index is 0. The molecule has 0 saturated carbocycles. The van der Waals surface area contributed by atoms with Crippen molar-refractivity contribution in [1.82, 2.24) is 15.5 Å². The van der Waals surface area contributed by atoms with E-state index in [2.05, 4.69) is 43.2 Å². The number of rotatable bonds is 8. The summed E-state index contributed by atoms with van der Waals surface area (Å²) in [5.74, 6) is 0.0724. The molecule has 5 heteroatoms. The van der Waals surface area contributed by atoms with Crippen LogP contribution in [0.15, 0.2) is 0 Å². The minimum absolute atomic E-state index is 0. The number of nitrogens with zero attached hydrogens (tertiary/aromatic N) is 1. The van der Waals surface area contributed by atoms with Crippen LogP contribution in [0.2, 0.25) is 0 Å². The van der Waals surface area contributed by atoms with Gasteiger partial charge in [-0.3, -0.25) is 9.69 Å². The molecule has 0 spiro atoms. The van der Waals surface area contributed by atoms with Crippen LogP contribution in [-0.4, -0.2) is 49.6 Å². The number of hydrogen-bond donors (Lipinski definition) is 2. The van der Waals surface area contributed by atoms with Crippen LogP contribution in [0.5, 0.6) is 0 Å². The van der Waals surface area contributed by atoms with Crippen LogP contribution < -0.4 is 10.6 Å². The molecule has 0 radical (unpaired) electrons. The molecule has 0 aliphatic carbocycles. The summed E-state index contributed by atoms with van der Waals surface area (Å²) in [7, 11) is 1.78. The highest BCUT2D eigenvalue weighted by Gasteiger charge is 2.12. The Morgan fingerprint density at radius 1 is 1.18 bits per heavy atom. The van der Waals surface area contributed by atoms with E-state index < -0.39 is 0 Å². The lowest BCUT2D eigenvalue weighted by Crippen LogP contribution is -2.39. The third kappa shape index (κ3) is 9.39. The molecule has 0 aromatic rings. The summed E-state index contributed by atoms with van der Waals surface area (Å²) < 4.78 is 0. The summed E-state index contributed by atoms with van der Waals surface area (Å²) >= 11 is 0. The lowest BCUT2D eigenvalue weighted by atomic mass is 10.2. The van der Waals surface area contributed by atoms with E-state index in [-0.39, 0.29) is 18.3 Å². The Kier molecular flexibility index (Phi) is 12.1. The molecule has 1 amide bonds. The molecule has 4 nitrogen and oxygen atoms in total. The zero-order chi connectivity index (χ0) is 12.6. The Morgan fingerprint density at radius 3 is 2.12 bits per heavy atom. The van der Waals surface area contributed by atoms with Gasteiger partial charge in [-0.15, -0.1) is 12.4 Å². The Morgan fingerprint density at radius 2 is 1.71 bits per heavy atom. The van der Waals surface area contributed by atoms with Crippen molar-refractivity contribution in [3.8, 4) is 0 Å². The van der Waals surface area contributed by atoms with Gasteiger partial charge in [0.05, 0.1) is 6.54 Å². The first-order valence-corrected chi connectivity index (χ1v) is 6.16. The number of halogens is 1. The molecule has 0 aromatic carbocycles. The number of likely N-dealkylation sites (N-methyl/N-ethyl adjacent to an activating group) is 1. The molecular formula is C12H28ClN3O. The fourth-order valence-electron chi connectivity index (χ4n) is 1.83. The van der Waals surface area contributed by atoms with Crippen molar-refractivity contribution >= 4 is 18.3 Å². The lowest BCUT2D eigenvalue weighted by molar-refractivity contribution is -0.120. The van der Waals surface area contributed by atoms with E-state index in [0.717, 1.165) is 19.5 Å². The minimum Gasteiger partial charge on any atom is -0.355 e. The first-order chi connectivity index (χ1) is 7.49. The standard InChI is InChI=1S/C12H27N3O.ClH/c1-10(2)15(11(3)4)8-6-7-14-12(16)9-13-5;/h10-11,13H,6-9H2,1-5H3,(H,14,16);1H. The van der Waals surface area contributed by atoms with E-state index in [4.69, 9.17) is 0 Å². The average Bonchev–Trinajstić information content (AvgIpc) is 2.16. The van der Waals surface area contributed by atoms with Gasteiger partial charge in [0.15, 0.2) is 0 Å². The molecule has 17 heavy (non-hydrogen) atoms. The summed E-state index contributed by atoms with van der Waals surface area (Å²) in [4.78, 5) is 13.6. The summed E-state index contributed by atoms with van der Waals surface area (Å²) in [5.41, 5.74) is 0. The topological polar surface area (TPSA) is 44.4 Å². The summed E-state index contributed by atoms with van der Waals surface area (Å²) in [6, 6.07) is 1.13. The molecule has 104 valence electrons. The van der Waals surface area contributed by atoms with E-state index in [1.165, 1.54) is 0 Å². The van der Waals surface area contributed by atoms with Gasteiger partial charge in [-0.25, -0.2) is 0 Å². The van der Waals surface area contributed by atoms with Crippen molar-refractivity contribution in [2.45, 2.75) is 46.2 Å². The second kappa shape index (κ2) is 10.8. The molecule has 0 bridgehead atoms.